The van der Waals surface area contributed by atoms with E-state index in [-0.39, 0.29) is 10.8 Å². The van der Waals surface area contributed by atoms with Crippen molar-refractivity contribution in [3.63, 3.8) is 0 Å². The van der Waals surface area contributed by atoms with Gasteiger partial charge >= 0.3 is 0 Å². The van der Waals surface area contributed by atoms with E-state index < -0.39 is 15.1 Å². The maximum atomic E-state index is 12.4. The van der Waals surface area contributed by atoms with E-state index in [0.29, 0.717) is 17.6 Å². The van der Waals surface area contributed by atoms with Gasteiger partial charge in [0.2, 0.25) is 5.91 Å². The van der Waals surface area contributed by atoms with Gasteiger partial charge in [-0.1, -0.05) is 22.0 Å². The Kier molecular flexibility index (Phi) is 5.55. The molecule has 1 atom stereocenters. The van der Waals surface area contributed by atoms with Crippen LogP contribution in [0, 0.1) is 0 Å². The Balaban J connectivity index is 3.10. The van der Waals surface area contributed by atoms with Crippen molar-refractivity contribution in [1.82, 2.24) is 4.90 Å². The molecule has 0 spiro atoms. The first-order valence-corrected chi connectivity index (χ1v) is 8.46. The summed E-state index contributed by atoms with van der Waals surface area (Å²) in [4.78, 5) is 13.8. The maximum Gasteiger partial charge on any atom is 0.240 e. The van der Waals surface area contributed by atoms with Crippen LogP contribution in [0.15, 0.2) is 33.6 Å². The van der Waals surface area contributed by atoms with Crippen LogP contribution in [-0.4, -0.2) is 37.6 Å². The fourth-order valence-corrected chi connectivity index (χ4v) is 3.71. The van der Waals surface area contributed by atoms with Crippen molar-refractivity contribution < 1.29 is 13.2 Å². The topological polar surface area (TPSA) is 54.5 Å². The monoisotopic (exact) mass is 347 g/mol. The van der Waals surface area contributed by atoms with Crippen LogP contribution in [0.5, 0.6) is 0 Å². The molecular weight excluding hydrogens is 330 g/mol. The van der Waals surface area contributed by atoms with Crippen LogP contribution in [0.2, 0.25) is 0 Å². The molecule has 0 radical (unpaired) electrons. The molecule has 106 valence electrons. The van der Waals surface area contributed by atoms with Crippen molar-refractivity contribution in [1.29, 1.82) is 0 Å². The van der Waals surface area contributed by atoms with Crippen molar-refractivity contribution in [3.8, 4) is 0 Å². The first-order chi connectivity index (χ1) is 8.84. The second-order valence-electron chi connectivity index (χ2n) is 4.16. The average molecular weight is 348 g/mol. The molecule has 0 saturated carbocycles. The van der Waals surface area contributed by atoms with Gasteiger partial charge in [0, 0.05) is 17.6 Å². The first kappa shape index (κ1) is 16.2. The largest absolute Gasteiger partial charge is 0.342 e. The summed E-state index contributed by atoms with van der Waals surface area (Å²) >= 11 is 3.24. The van der Waals surface area contributed by atoms with Crippen LogP contribution in [0.1, 0.15) is 20.8 Å². The van der Waals surface area contributed by atoms with Crippen molar-refractivity contribution in [2.75, 3.05) is 13.1 Å². The lowest BCUT2D eigenvalue weighted by atomic mass is 10.4. The Morgan fingerprint density at radius 2 is 1.89 bits per heavy atom. The number of benzene rings is 1. The molecule has 4 nitrogen and oxygen atoms in total. The third-order valence-corrected chi connectivity index (χ3v) is 5.55. The number of hydrogen-bond donors (Lipinski definition) is 0. The summed E-state index contributed by atoms with van der Waals surface area (Å²) in [6.07, 6.45) is 0. The van der Waals surface area contributed by atoms with E-state index in [1.165, 1.54) is 24.0 Å². The van der Waals surface area contributed by atoms with Gasteiger partial charge in [0.15, 0.2) is 9.84 Å². The standard InChI is InChI=1S/C13H18BrNO3S/c1-4-15(5-2)13(16)10(3)19(17,18)12-8-6-7-11(14)9-12/h6-10H,4-5H2,1-3H3/t10-/m0/s1. The molecule has 0 aromatic heterocycles. The first-order valence-electron chi connectivity index (χ1n) is 6.12. The highest BCUT2D eigenvalue weighted by atomic mass is 79.9. The normalized spacial score (nSPS) is 13.1. The Bertz CT molecular complexity index is 553. The van der Waals surface area contributed by atoms with Gasteiger partial charge in [-0.2, -0.15) is 0 Å². The summed E-state index contributed by atoms with van der Waals surface area (Å²) in [5.41, 5.74) is 0. The van der Waals surface area contributed by atoms with Crippen LogP contribution < -0.4 is 0 Å². The van der Waals surface area contributed by atoms with Crippen molar-refractivity contribution in [2.24, 2.45) is 0 Å². The summed E-state index contributed by atoms with van der Waals surface area (Å²) in [5, 5.41) is -1.07. The number of hydrogen-bond acceptors (Lipinski definition) is 3. The molecule has 0 aliphatic heterocycles. The van der Waals surface area contributed by atoms with E-state index in [2.05, 4.69) is 15.9 Å². The quantitative estimate of drug-likeness (QED) is 0.822. The van der Waals surface area contributed by atoms with Gasteiger partial charge in [0.25, 0.3) is 0 Å². The third-order valence-electron chi connectivity index (χ3n) is 3.01. The van der Waals surface area contributed by atoms with Gasteiger partial charge in [-0.05, 0) is 39.0 Å². The Labute approximate surface area is 122 Å². The van der Waals surface area contributed by atoms with Gasteiger partial charge in [-0.15, -0.1) is 0 Å². The molecule has 19 heavy (non-hydrogen) atoms. The zero-order chi connectivity index (χ0) is 14.6. The van der Waals surface area contributed by atoms with Crippen molar-refractivity contribution >= 4 is 31.7 Å². The average Bonchev–Trinajstić information content (AvgIpc) is 2.39. The summed E-state index contributed by atoms with van der Waals surface area (Å²) in [6, 6.07) is 6.41. The number of halogens is 1. The molecule has 1 aromatic carbocycles. The Morgan fingerprint density at radius 3 is 2.37 bits per heavy atom. The number of carbonyl (C=O) groups is 1. The van der Waals surface area contributed by atoms with E-state index in [0.717, 1.165) is 0 Å². The fraction of sp³-hybridized carbons (Fsp3) is 0.462. The molecule has 6 heteroatoms. The lowest BCUT2D eigenvalue weighted by Crippen LogP contribution is -2.41. The zero-order valence-corrected chi connectivity index (χ0v) is 13.7. The number of rotatable bonds is 5. The lowest BCUT2D eigenvalue weighted by molar-refractivity contribution is -0.130. The van der Waals surface area contributed by atoms with Crippen LogP contribution in [0.4, 0.5) is 0 Å². The minimum Gasteiger partial charge on any atom is -0.342 e. The molecule has 0 aliphatic carbocycles. The van der Waals surface area contributed by atoms with Gasteiger partial charge < -0.3 is 4.90 Å². The van der Waals surface area contributed by atoms with E-state index in [9.17, 15) is 13.2 Å². The Hall–Kier alpha value is -0.880. The van der Waals surface area contributed by atoms with Gasteiger partial charge in [-0.25, -0.2) is 8.42 Å². The predicted molar refractivity (Wildman–Crippen MR) is 78.7 cm³/mol. The van der Waals surface area contributed by atoms with Gasteiger partial charge in [-0.3, -0.25) is 4.79 Å². The molecule has 0 N–H and O–H groups in total. The predicted octanol–water partition coefficient (Wildman–Crippen LogP) is 2.48. The van der Waals surface area contributed by atoms with Crippen LogP contribution in [0.25, 0.3) is 0 Å². The fourth-order valence-electron chi connectivity index (χ4n) is 1.77. The highest BCUT2D eigenvalue weighted by Gasteiger charge is 2.32. The summed E-state index contributed by atoms with van der Waals surface area (Å²) in [5.74, 6) is -0.357. The van der Waals surface area contributed by atoms with E-state index >= 15 is 0 Å². The van der Waals surface area contributed by atoms with E-state index in [4.69, 9.17) is 0 Å². The summed E-state index contributed by atoms with van der Waals surface area (Å²) in [6.45, 7) is 6.12. The molecule has 1 rings (SSSR count). The second kappa shape index (κ2) is 6.52. The molecule has 0 bridgehead atoms. The molecule has 0 saturated heterocycles. The lowest BCUT2D eigenvalue weighted by Gasteiger charge is -2.22. The number of sulfone groups is 1. The van der Waals surface area contributed by atoms with E-state index in [1.807, 2.05) is 13.8 Å². The molecule has 0 unspecified atom stereocenters. The third kappa shape index (κ3) is 3.57. The number of carbonyl (C=O) groups excluding carboxylic acids is 1. The summed E-state index contributed by atoms with van der Waals surface area (Å²) < 4.78 is 25.5. The highest BCUT2D eigenvalue weighted by molar-refractivity contribution is 9.10. The number of nitrogens with zero attached hydrogens (tertiary/aromatic N) is 1. The molecular formula is C13H18BrNO3S. The smallest absolute Gasteiger partial charge is 0.240 e. The molecule has 0 fully saturated rings. The van der Waals surface area contributed by atoms with Gasteiger partial charge in [0.1, 0.15) is 5.25 Å². The Morgan fingerprint density at radius 1 is 1.32 bits per heavy atom. The zero-order valence-electron chi connectivity index (χ0n) is 11.3. The van der Waals surface area contributed by atoms with Crippen LogP contribution >= 0.6 is 15.9 Å². The molecule has 1 aromatic rings. The molecule has 1 amide bonds. The van der Waals surface area contributed by atoms with Crippen molar-refractivity contribution in [2.45, 2.75) is 30.9 Å². The number of amides is 1. The van der Waals surface area contributed by atoms with Crippen LogP contribution in [-0.2, 0) is 14.6 Å². The van der Waals surface area contributed by atoms with Crippen LogP contribution in [0.3, 0.4) is 0 Å². The van der Waals surface area contributed by atoms with Gasteiger partial charge in [0.05, 0.1) is 4.90 Å². The molecule has 0 aliphatic rings. The molecule has 0 heterocycles. The minimum absolute atomic E-state index is 0.162. The SMILES string of the molecule is CCN(CC)C(=O)[C@H](C)S(=O)(=O)c1cccc(Br)c1. The van der Waals surface area contributed by atoms with Crippen molar-refractivity contribution in [3.05, 3.63) is 28.7 Å². The second-order valence-corrected chi connectivity index (χ2v) is 7.34. The highest BCUT2D eigenvalue weighted by Crippen LogP contribution is 2.21. The maximum absolute atomic E-state index is 12.4. The summed E-state index contributed by atoms with van der Waals surface area (Å²) in [7, 11) is -3.65. The minimum atomic E-state index is -3.65. The van der Waals surface area contributed by atoms with E-state index in [1.54, 1.807) is 12.1 Å².